The van der Waals surface area contributed by atoms with Gasteiger partial charge in [-0.15, -0.1) is 0 Å². The molecule has 2 rings (SSSR count). The number of sulfonamides is 1. The second-order valence-corrected chi connectivity index (χ2v) is 8.83. The molecule has 0 saturated carbocycles. The van der Waals surface area contributed by atoms with Gasteiger partial charge in [0, 0.05) is 6.04 Å². The molecule has 6 nitrogen and oxygen atoms in total. The molecule has 1 N–H and O–H groups in total. The van der Waals surface area contributed by atoms with Crippen LogP contribution in [0.15, 0.2) is 47.4 Å². The summed E-state index contributed by atoms with van der Waals surface area (Å²) in [5, 5.41) is 0.125. The van der Waals surface area contributed by atoms with E-state index < -0.39 is 22.0 Å². The largest absolute Gasteiger partial charge is 0.497 e. The van der Waals surface area contributed by atoms with Crippen molar-refractivity contribution >= 4 is 27.6 Å². The highest BCUT2D eigenvalue weighted by atomic mass is 35.5. The first kappa shape index (κ1) is 22.2. The minimum atomic E-state index is -3.90. The Morgan fingerprint density at radius 1 is 1.11 bits per heavy atom. The van der Waals surface area contributed by atoms with Crippen molar-refractivity contribution in [1.82, 2.24) is 4.72 Å². The Labute approximate surface area is 170 Å². The van der Waals surface area contributed by atoms with Gasteiger partial charge in [-0.2, -0.15) is 0 Å². The van der Waals surface area contributed by atoms with Gasteiger partial charge in [0.05, 0.1) is 29.7 Å². The van der Waals surface area contributed by atoms with Crippen molar-refractivity contribution in [2.45, 2.75) is 31.2 Å². The fourth-order valence-corrected chi connectivity index (χ4v) is 4.21. The molecule has 2 aromatic carbocycles. The zero-order valence-corrected chi connectivity index (χ0v) is 17.8. The van der Waals surface area contributed by atoms with Gasteiger partial charge in [-0.25, -0.2) is 17.9 Å². The minimum absolute atomic E-state index is 0.00287. The second kappa shape index (κ2) is 9.41. The van der Waals surface area contributed by atoms with Crippen LogP contribution >= 0.6 is 11.6 Å². The molecular formula is C20H24ClNO5S. The average Bonchev–Trinajstić information content (AvgIpc) is 2.66. The smallest absolute Gasteiger partial charge is 0.339 e. The van der Waals surface area contributed by atoms with E-state index in [0.717, 1.165) is 5.56 Å². The summed E-state index contributed by atoms with van der Waals surface area (Å²) in [5.41, 5.74) is 0.817. The Bertz CT molecular complexity index is 926. The zero-order chi connectivity index (χ0) is 20.9. The Hall–Kier alpha value is -2.09. The molecule has 0 aliphatic heterocycles. The molecule has 0 saturated heterocycles. The van der Waals surface area contributed by atoms with Crippen molar-refractivity contribution in [3.63, 3.8) is 0 Å². The van der Waals surface area contributed by atoms with E-state index in [2.05, 4.69) is 9.46 Å². The molecule has 0 aromatic heterocycles. The van der Waals surface area contributed by atoms with Crippen LogP contribution in [0.2, 0.25) is 5.02 Å². The minimum Gasteiger partial charge on any atom is -0.497 e. The maximum Gasteiger partial charge on any atom is 0.339 e. The lowest BCUT2D eigenvalue weighted by atomic mass is 9.98. The molecule has 0 radical (unpaired) electrons. The third-order valence-corrected chi connectivity index (χ3v) is 5.98. The molecule has 0 heterocycles. The molecule has 1 atom stereocenters. The number of carbonyl (C=O) groups excluding carboxylic acids is 1. The predicted molar refractivity (Wildman–Crippen MR) is 108 cm³/mol. The van der Waals surface area contributed by atoms with Crippen LogP contribution in [0.5, 0.6) is 5.75 Å². The molecule has 1 unspecified atom stereocenters. The summed E-state index contributed by atoms with van der Waals surface area (Å²) >= 11 is 5.99. The van der Waals surface area contributed by atoms with Gasteiger partial charge in [0.25, 0.3) is 0 Å². The van der Waals surface area contributed by atoms with Crippen molar-refractivity contribution in [2.24, 2.45) is 5.92 Å². The van der Waals surface area contributed by atoms with Crippen LogP contribution in [0, 0.1) is 5.92 Å². The average molecular weight is 426 g/mol. The molecule has 0 bridgehead atoms. The lowest BCUT2D eigenvalue weighted by molar-refractivity contribution is 0.0600. The third kappa shape index (κ3) is 5.47. The normalized spacial score (nSPS) is 12.6. The topological polar surface area (TPSA) is 81.7 Å². The van der Waals surface area contributed by atoms with E-state index in [9.17, 15) is 13.2 Å². The number of nitrogens with one attached hydrogen (secondary N) is 1. The van der Waals surface area contributed by atoms with Crippen LogP contribution in [-0.4, -0.2) is 28.6 Å². The Morgan fingerprint density at radius 3 is 2.29 bits per heavy atom. The number of rotatable bonds is 8. The molecule has 152 valence electrons. The van der Waals surface area contributed by atoms with Gasteiger partial charge in [0.15, 0.2) is 0 Å². The molecule has 28 heavy (non-hydrogen) atoms. The number of methoxy groups -OCH3 is 2. The number of esters is 1. The van der Waals surface area contributed by atoms with Gasteiger partial charge in [-0.1, -0.05) is 37.6 Å². The first-order chi connectivity index (χ1) is 13.2. The summed E-state index contributed by atoms with van der Waals surface area (Å²) < 4.78 is 38.5. The van der Waals surface area contributed by atoms with Crippen LogP contribution in [0.4, 0.5) is 0 Å². The Morgan fingerprint density at radius 2 is 1.75 bits per heavy atom. The van der Waals surface area contributed by atoms with Gasteiger partial charge in [0.1, 0.15) is 5.75 Å². The SMILES string of the molecule is COC(=O)c1cc(S(=O)(=O)NC(CC(C)C)c2ccc(OC)cc2)ccc1Cl. The van der Waals surface area contributed by atoms with Crippen molar-refractivity contribution < 1.29 is 22.7 Å². The summed E-state index contributed by atoms with van der Waals surface area (Å²) in [6.07, 6.45) is 0.600. The van der Waals surface area contributed by atoms with Gasteiger partial charge >= 0.3 is 5.97 Å². The van der Waals surface area contributed by atoms with Gasteiger partial charge in [-0.05, 0) is 48.2 Å². The van der Waals surface area contributed by atoms with Crippen molar-refractivity contribution in [2.75, 3.05) is 14.2 Å². The monoisotopic (exact) mass is 425 g/mol. The van der Waals surface area contributed by atoms with Crippen LogP contribution in [0.3, 0.4) is 0 Å². The lowest BCUT2D eigenvalue weighted by Gasteiger charge is -2.21. The van der Waals surface area contributed by atoms with Crippen LogP contribution in [0.25, 0.3) is 0 Å². The zero-order valence-electron chi connectivity index (χ0n) is 16.2. The number of hydrogen-bond donors (Lipinski definition) is 1. The molecule has 2 aromatic rings. The van der Waals surface area contributed by atoms with E-state index in [0.29, 0.717) is 12.2 Å². The number of ether oxygens (including phenoxy) is 2. The fraction of sp³-hybridized carbons (Fsp3) is 0.350. The third-order valence-electron chi connectivity index (χ3n) is 4.18. The highest BCUT2D eigenvalue weighted by molar-refractivity contribution is 7.89. The number of carbonyl (C=O) groups is 1. The van der Waals surface area contributed by atoms with E-state index in [1.165, 1.54) is 25.3 Å². The van der Waals surface area contributed by atoms with Gasteiger partial charge in [-0.3, -0.25) is 0 Å². The van der Waals surface area contributed by atoms with Crippen LogP contribution in [-0.2, 0) is 14.8 Å². The summed E-state index contributed by atoms with van der Waals surface area (Å²) in [7, 11) is -1.12. The highest BCUT2D eigenvalue weighted by Crippen LogP contribution is 2.27. The molecule has 0 aliphatic rings. The van der Waals surface area contributed by atoms with E-state index >= 15 is 0 Å². The summed E-state index contributed by atoms with van der Waals surface area (Å²) in [6, 6.07) is 10.7. The summed E-state index contributed by atoms with van der Waals surface area (Å²) in [6.45, 7) is 4.03. The van der Waals surface area contributed by atoms with Crippen molar-refractivity contribution in [1.29, 1.82) is 0 Å². The first-order valence-electron chi connectivity index (χ1n) is 8.72. The summed E-state index contributed by atoms with van der Waals surface area (Å²) in [5.74, 6) is 0.247. The molecule has 8 heteroatoms. The summed E-state index contributed by atoms with van der Waals surface area (Å²) in [4.78, 5) is 11.8. The van der Waals surface area contributed by atoms with E-state index in [1.807, 2.05) is 26.0 Å². The standard InChI is InChI=1S/C20H24ClNO5S/c1-13(2)11-19(14-5-7-15(26-3)8-6-14)22-28(24,25)16-9-10-18(21)17(12-16)20(23)27-4/h5-10,12-13,19,22H,11H2,1-4H3. The number of halogens is 1. The van der Waals surface area contributed by atoms with E-state index in [1.54, 1.807) is 19.2 Å². The molecular weight excluding hydrogens is 402 g/mol. The maximum atomic E-state index is 13.0. The van der Waals surface area contributed by atoms with E-state index in [4.69, 9.17) is 16.3 Å². The maximum absolute atomic E-state index is 13.0. The van der Waals surface area contributed by atoms with Gasteiger partial charge < -0.3 is 9.47 Å². The van der Waals surface area contributed by atoms with Crippen molar-refractivity contribution in [3.05, 3.63) is 58.6 Å². The predicted octanol–water partition coefficient (Wildman–Crippen LogP) is 4.20. The van der Waals surface area contributed by atoms with Crippen LogP contribution in [0.1, 0.15) is 42.2 Å². The molecule has 0 amide bonds. The molecule has 0 aliphatic carbocycles. The first-order valence-corrected chi connectivity index (χ1v) is 10.6. The number of benzene rings is 2. The Kier molecular flexibility index (Phi) is 7.46. The molecule has 0 spiro atoms. The quantitative estimate of drug-likeness (QED) is 0.641. The van der Waals surface area contributed by atoms with E-state index in [-0.39, 0.29) is 21.4 Å². The van der Waals surface area contributed by atoms with Crippen molar-refractivity contribution in [3.8, 4) is 5.75 Å². The fourth-order valence-electron chi connectivity index (χ4n) is 2.75. The number of hydrogen-bond acceptors (Lipinski definition) is 5. The lowest BCUT2D eigenvalue weighted by Crippen LogP contribution is -2.30. The highest BCUT2D eigenvalue weighted by Gasteiger charge is 2.24. The second-order valence-electron chi connectivity index (χ2n) is 6.71. The molecule has 0 fully saturated rings. The Balaban J connectivity index is 2.38. The van der Waals surface area contributed by atoms with Gasteiger partial charge in [0.2, 0.25) is 10.0 Å². The van der Waals surface area contributed by atoms with Crippen LogP contribution < -0.4 is 9.46 Å².